The van der Waals surface area contributed by atoms with E-state index in [0.29, 0.717) is 0 Å². The summed E-state index contributed by atoms with van der Waals surface area (Å²) in [6.45, 7) is 1.94. The molecule has 4 N–H and O–H groups in total. The van der Waals surface area contributed by atoms with Crippen molar-refractivity contribution >= 4 is 24.3 Å². The van der Waals surface area contributed by atoms with E-state index in [9.17, 15) is 0 Å². The zero-order chi connectivity index (χ0) is 11.3. The smallest absolute Gasteiger partial charge is 0.210 e. The number of hydrazine groups is 1. The van der Waals surface area contributed by atoms with E-state index in [1.165, 1.54) is 19.3 Å². The van der Waals surface area contributed by atoms with Crippen molar-refractivity contribution in [1.82, 2.24) is 20.7 Å². The second kappa shape index (κ2) is 7.29. The van der Waals surface area contributed by atoms with E-state index in [0.717, 1.165) is 13.1 Å². The molecule has 6 nitrogen and oxygen atoms in total. The van der Waals surface area contributed by atoms with Crippen LogP contribution in [-0.2, 0) is 0 Å². The van der Waals surface area contributed by atoms with Crippen LogP contribution in [0.1, 0.15) is 19.3 Å². The number of nitrogens with zero attached hydrogens (tertiary/aromatic N) is 2. The van der Waals surface area contributed by atoms with Crippen molar-refractivity contribution in [2.75, 3.05) is 27.2 Å². The molecule has 0 saturated carbocycles. The molecule has 16 heavy (non-hydrogen) atoms. The quantitative estimate of drug-likeness (QED) is 0.401. The highest BCUT2D eigenvalue weighted by Gasteiger charge is 2.11. The summed E-state index contributed by atoms with van der Waals surface area (Å²) in [5, 5.41) is 19.8. The van der Waals surface area contributed by atoms with Crippen molar-refractivity contribution in [3.05, 3.63) is 0 Å². The van der Waals surface area contributed by atoms with Gasteiger partial charge in [0.1, 0.15) is 0 Å². The van der Waals surface area contributed by atoms with E-state index in [4.69, 9.17) is 10.8 Å². The van der Waals surface area contributed by atoms with Gasteiger partial charge >= 0.3 is 0 Å². The van der Waals surface area contributed by atoms with E-state index in [1.54, 1.807) is 19.0 Å². The van der Waals surface area contributed by atoms with Crippen LogP contribution in [0.5, 0.6) is 0 Å². The molecule has 1 heterocycles. The minimum absolute atomic E-state index is 0. The maximum Gasteiger partial charge on any atom is 0.210 e. The topological polar surface area (TPSA) is 78.2 Å². The molecule has 1 aliphatic rings. The Balaban J connectivity index is 0.00000225. The minimum Gasteiger partial charge on any atom is -0.349 e. The highest BCUT2D eigenvalue weighted by Crippen LogP contribution is 2.05. The van der Waals surface area contributed by atoms with Gasteiger partial charge in [-0.1, -0.05) is 6.42 Å². The van der Waals surface area contributed by atoms with E-state index in [-0.39, 0.29) is 24.3 Å². The first kappa shape index (κ1) is 15.0. The van der Waals surface area contributed by atoms with E-state index < -0.39 is 0 Å². The normalized spacial score (nSPS) is 15.9. The summed E-state index contributed by atoms with van der Waals surface area (Å²) >= 11 is 0. The molecule has 1 saturated heterocycles. The van der Waals surface area contributed by atoms with Crippen LogP contribution in [0, 0.1) is 10.8 Å². The van der Waals surface area contributed by atoms with E-state index in [2.05, 4.69) is 10.7 Å². The summed E-state index contributed by atoms with van der Waals surface area (Å²) in [6, 6.07) is 0. The van der Waals surface area contributed by atoms with Crippen molar-refractivity contribution in [3.63, 3.8) is 0 Å². The van der Waals surface area contributed by atoms with Gasteiger partial charge in [0.2, 0.25) is 5.96 Å². The van der Waals surface area contributed by atoms with Crippen LogP contribution in [0.2, 0.25) is 0 Å². The van der Waals surface area contributed by atoms with E-state index >= 15 is 0 Å². The summed E-state index contributed by atoms with van der Waals surface area (Å²) in [4.78, 5) is 1.62. The molecule has 0 aromatic heterocycles. The lowest BCUT2D eigenvalue weighted by molar-refractivity contribution is 0.192. The predicted molar refractivity (Wildman–Crippen MR) is 68.1 cm³/mol. The lowest BCUT2D eigenvalue weighted by atomic mass is 10.2. The molecule has 1 aliphatic heterocycles. The van der Waals surface area contributed by atoms with Gasteiger partial charge in [0.25, 0.3) is 0 Å². The number of nitrogens with one attached hydrogen (secondary N) is 4. The van der Waals surface area contributed by atoms with Crippen LogP contribution in [0.4, 0.5) is 0 Å². The van der Waals surface area contributed by atoms with Crippen LogP contribution in [0.25, 0.3) is 0 Å². The van der Waals surface area contributed by atoms with Crippen LogP contribution < -0.4 is 10.7 Å². The van der Waals surface area contributed by atoms with Gasteiger partial charge in [-0.05, 0) is 12.8 Å². The highest BCUT2D eigenvalue weighted by atomic mass is 35.5. The Morgan fingerprint density at radius 2 is 1.69 bits per heavy atom. The fraction of sp³-hybridized carbons (Fsp3) is 0.778. The standard InChI is InChI=1S/C9H20N6.ClH/c1-14(2)9(11)12-8(10)13-15-6-4-3-5-7-15;/h3-7H2,1-2H3,(H4,10,11,12,13);1H. The second-order valence-corrected chi connectivity index (χ2v) is 3.90. The molecule has 94 valence electrons. The molecule has 1 fully saturated rings. The van der Waals surface area contributed by atoms with Crippen molar-refractivity contribution in [2.24, 2.45) is 0 Å². The maximum atomic E-state index is 7.62. The average Bonchev–Trinajstić information content (AvgIpc) is 2.18. The van der Waals surface area contributed by atoms with Crippen LogP contribution in [-0.4, -0.2) is 49.0 Å². The third kappa shape index (κ3) is 5.18. The Morgan fingerprint density at radius 1 is 1.12 bits per heavy atom. The number of halogens is 1. The van der Waals surface area contributed by atoms with Gasteiger partial charge < -0.3 is 4.90 Å². The Morgan fingerprint density at radius 3 is 2.19 bits per heavy atom. The predicted octanol–water partition coefficient (Wildman–Crippen LogP) is 0.419. The molecule has 0 unspecified atom stereocenters. The zero-order valence-corrected chi connectivity index (χ0v) is 10.7. The third-order valence-corrected chi connectivity index (χ3v) is 2.32. The first-order valence-electron chi connectivity index (χ1n) is 5.22. The Hall–Kier alpha value is -1.01. The number of hydrogen-bond acceptors (Lipinski definition) is 3. The number of guanidine groups is 2. The van der Waals surface area contributed by atoms with Crippen molar-refractivity contribution < 1.29 is 0 Å². The zero-order valence-electron chi connectivity index (χ0n) is 9.84. The summed E-state index contributed by atoms with van der Waals surface area (Å²) in [6.07, 6.45) is 3.61. The molecular formula is C9H21ClN6. The molecule has 0 spiro atoms. The number of piperidine rings is 1. The first-order chi connectivity index (χ1) is 7.09. The SMILES string of the molecule is CN(C)C(=N)NC(=N)NN1CCCCC1.Cl. The van der Waals surface area contributed by atoms with E-state index in [1.807, 2.05) is 5.01 Å². The first-order valence-corrected chi connectivity index (χ1v) is 5.22. The summed E-state index contributed by atoms with van der Waals surface area (Å²) in [5.74, 6) is 0.375. The van der Waals surface area contributed by atoms with Crippen molar-refractivity contribution in [1.29, 1.82) is 10.8 Å². The van der Waals surface area contributed by atoms with Gasteiger partial charge in [-0.3, -0.25) is 21.6 Å². The van der Waals surface area contributed by atoms with Crippen LogP contribution in [0.15, 0.2) is 0 Å². The fourth-order valence-electron chi connectivity index (χ4n) is 1.42. The van der Waals surface area contributed by atoms with Crippen molar-refractivity contribution in [3.8, 4) is 0 Å². The van der Waals surface area contributed by atoms with Gasteiger partial charge in [0.15, 0.2) is 5.96 Å². The van der Waals surface area contributed by atoms with Gasteiger partial charge in [0, 0.05) is 27.2 Å². The summed E-state index contributed by atoms with van der Waals surface area (Å²) in [7, 11) is 3.53. The minimum atomic E-state index is 0. The van der Waals surface area contributed by atoms with Gasteiger partial charge in [-0.2, -0.15) is 0 Å². The van der Waals surface area contributed by atoms with Crippen LogP contribution >= 0.6 is 12.4 Å². The molecule has 0 atom stereocenters. The molecule has 0 bridgehead atoms. The summed E-state index contributed by atoms with van der Waals surface area (Å²) in [5.41, 5.74) is 2.94. The Labute approximate surface area is 103 Å². The monoisotopic (exact) mass is 248 g/mol. The lowest BCUT2D eigenvalue weighted by Gasteiger charge is -2.28. The molecule has 0 aromatic carbocycles. The molecule has 0 aromatic rings. The largest absolute Gasteiger partial charge is 0.349 e. The van der Waals surface area contributed by atoms with Gasteiger partial charge in [-0.25, -0.2) is 5.01 Å². The number of rotatable bonds is 1. The number of hydrogen-bond donors (Lipinski definition) is 4. The molecule has 7 heteroatoms. The maximum absolute atomic E-state index is 7.62. The molecular weight excluding hydrogens is 228 g/mol. The fourth-order valence-corrected chi connectivity index (χ4v) is 1.42. The van der Waals surface area contributed by atoms with Gasteiger partial charge in [0.05, 0.1) is 0 Å². The second-order valence-electron chi connectivity index (χ2n) is 3.90. The molecule has 1 rings (SSSR count). The molecule has 0 amide bonds. The molecule has 0 radical (unpaired) electrons. The average molecular weight is 249 g/mol. The van der Waals surface area contributed by atoms with Crippen molar-refractivity contribution in [2.45, 2.75) is 19.3 Å². The third-order valence-electron chi connectivity index (χ3n) is 2.32. The highest BCUT2D eigenvalue weighted by molar-refractivity contribution is 5.95. The summed E-state index contributed by atoms with van der Waals surface area (Å²) < 4.78 is 0. The Bertz CT molecular complexity index is 236. The lowest BCUT2D eigenvalue weighted by Crippen LogP contribution is -2.52. The molecule has 0 aliphatic carbocycles. The van der Waals surface area contributed by atoms with Gasteiger partial charge in [-0.15, -0.1) is 12.4 Å². The van der Waals surface area contributed by atoms with Crippen LogP contribution in [0.3, 0.4) is 0 Å². The Kier molecular flexibility index (Phi) is 6.83.